The van der Waals surface area contributed by atoms with Crippen LogP contribution in [0.2, 0.25) is 0 Å². The van der Waals surface area contributed by atoms with Gasteiger partial charge in [0.05, 0.1) is 30.7 Å². The second kappa shape index (κ2) is 6.49. The van der Waals surface area contributed by atoms with Crippen molar-refractivity contribution in [1.29, 1.82) is 0 Å². The first-order valence-electron chi connectivity index (χ1n) is 8.38. The van der Waals surface area contributed by atoms with Crippen LogP contribution in [-0.4, -0.2) is 23.4 Å². The Morgan fingerprint density at radius 2 is 1.83 bits per heavy atom. The van der Waals surface area contributed by atoms with E-state index < -0.39 is 0 Å². The molecule has 1 aliphatic heterocycles. The molecule has 1 unspecified atom stereocenters. The fourth-order valence-corrected chi connectivity index (χ4v) is 3.46. The van der Waals surface area contributed by atoms with Gasteiger partial charge in [0, 0.05) is 11.1 Å². The number of para-hydroxylation sites is 2. The molecule has 1 aromatic heterocycles. The molecule has 4 heteroatoms. The summed E-state index contributed by atoms with van der Waals surface area (Å²) in [4.78, 5) is 0. The normalized spacial score (nSPS) is 17.1. The molecule has 0 bridgehead atoms. The molecule has 1 saturated heterocycles. The largest absolute Gasteiger partial charge is 0.496 e. The van der Waals surface area contributed by atoms with E-state index in [9.17, 15) is 0 Å². The summed E-state index contributed by atoms with van der Waals surface area (Å²) < 4.78 is 7.64. The zero-order valence-electron chi connectivity index (χ0n) is 13.8. The Bertz CT molecular complexity index is 820. The summed E-state index contributed by atoms with van der Waals surface area (Å²) in [5.74, 6) is 0.879. The van der Waals surface area contributed by atoms with Crippen LogP contribution in [0.5, 0.6) is 5.75 Å². The number of rotatable bonds is 4. The van der Waals surface area contributed by atoms with E-state index in [2.05, 4.69) is 28.2 Å². The zero-order valence-corrected chi connectivity index (χ0v) is 13.8. The molecule has 122 valence electrons. The van der Waals surface area contributed by atoms with Gasteiger partial charge in [-0.3, -0.25) is 0 Å². The Kier molecular flexibility index (Phi) is 4.05. The van der Waals surface area contributed by atoms with Gasteiger partial charge < -0.3 is 10.1 Å². The topological polar surface area (TPSA) is 39.1 Å². The van der Waals surface area contributed by atoms with Crippen molar-refractivity contribution in [1.82, 2.24) is 15.1 Å². The fraction of sp³-hybridized carbons (Fsp3) is 0.250. The third-order valence-electron chi connectivity index (χ3n) is 4.59. The van der Waals surface area contributed by atoms with Crippen LogP contribution >= 0.6 is 0 Å². The molecular formula is C20H21N3O. The van der Waals surface area contributed by atoms with Crippen molar-refractivity contribution in [3.63, 3.8) is 0 Å². The summed E-state index contributed by atoms with van der Waals surface area (Å²) in [5.41, 5.74) is 4.52. The maximum Gasteiger partial charge on any atom is 0.126 e. The molecule has 2 aromatic carbocycles. The summed E-state index contributed by atoms with van der Waals surface area (Å²) in [5, 5.41) is 8.32. The van der Waals surface area contributed by atoms with E-state index >= 15 is 0 Å². The molecule has 1 aliphatic rings. The number of ether oxygens (including phenoxy) is 1. The van der Waals surface area contributed by atoms with Gasteiger partial charge in [-0.05, 0) is 37.6 Å². The molecule has 1 fully saturated rings. The van der Waals surface area contributed by atoms with Gasteiger partial charge in [0.15, 0.2) is 0 Å². The first-order chi connectivity index (χ1) is 11.9. The average Bonchev–Trinajstić information content (AvgIpc) is 3.31. The summed E-state index contributed by atoms with van der Waals surface area (Å²) >= 11 is 0. The van der Waals surface area contributed by atoms with Gasteiger partial charge in [-0.1, -0.05) is 36.4 Å². The first kappa shape index (κ1) is 15.0. The molecule has 24 heavy (non-hydrogen) atoms. The monoisotopic (exact) mass is 319 g/mol. The number of methoxy groups -OCH3 is 1. The number of benzene rings is 2. The highest BCUT2D eigenvalue weighted by Crippen LogP contribution is 2.38. The van der Waals surface area contributed by atoms with Crippen LogP contribution in [0, 0.1) is 0 Å². The minimum atomic E-state index is 0.313. The van der Waals surface area contributed by atoms with Crippen molar-refractivity contribution >= 4 is 0 Å². The molecule has 4 nitrogen and oxygen atoms in total. The highest BCUT2D eigenvalue weighted by molar-refractivity contribution is 5.73. The van der Waals surface area contributed by atoms with Gasteiger partial charge in [-0.25, -0.2) is 4.68 Å². The van der Waals surface area contributed by atoms with E-state index in [0.29, 0.717) is 6.04 Å². The van der Waals surface area contributed by atoms with E-state index in [4.69, 9.17) is 9.84 Å². The molecule has 0 spiro atoms. The standard InChI is InChI=1S/C20H21N3O/c1-24-19-12-6-5-10-16(19)17-14-22-23(15-8-3-2-4-9-15)20(17)18-11-7-13-21-18/h2-6,8-10,12,14,18,21H,7,11,13H2,1H3. The Morgan fingerprint density at radius 3 is 2.58 bits per heavy atom. The lowest BCUT2D eigenvalue weighted by Gasteiger charge is -2.17. The van der Waals surface area contributed by atoms with Gasteiger partial charge in [0.2, 0.25) is 0 Å². The van der Waals surface area contributed by atoms with Gasteiger partial charge in [0.25, 0.3) is 0 Å². The molecule has 0 saturated carbocycles. The van der Waals surface area contributed by atoms with Crippen molar-refractivity contribution in [3.05, 3.63) is 66.5 Å². The lowest BCUT2D eigenvalue weighted by Crippen LogP contribution is -2.17. The number of nitrogens with zero attached hydrogens (tertiary/aromatic N) is 2. The Balaban J connectivity index is 1.90. The minimum absolute atomic E-state index is 0.313. The third-order valence-corrected chi connectivity index (χ3v) is 4.59. The van der Waals surface area contributed by atoms with Crippen molar-refractivity contribution in [2.45, 2.75) is 18.9 Å². The molecule has 0 radical (unpaired) electrons. The quantitative estimate of drug-likeness (QED) is 0.791. The molecule has 2 heterocycles. The van der Waals surface area contributed by atoms with Crippen molar-refractivity contribution < 1.29 is 4.74 Å². The highest BCUT2D eigenvalue weighted by atomic mass is 16.5. The van der Waals surface area contributed by atoms with Crippen LogP contribution in [0.3, 0.4) is 0 Å². The van der Waals surface area contributed by atoms with E-state index in [1.165, 1.54) is 12.1 Å². The smallest absolute Gasteiger partial charge is 0.126 e. The summed E-state index contributed by atoms with van der Waals surface area (Å²) in [6, 6.07) is 18.8. The molecule has 1 atom stereocenters. The molecule has 0 aliphatic carbocycles. The molecule has 0 amide bonds. The van der Waals surface area contributed by atoms with Crippen LogP contribution in [0.1, 0.15) is 24.6 Å². The second-order valence-electron chi connectivity index (χ2n) is 6.04. The Morgan fingerprint density at radius 1 is 1.04 bits per heavy atom. The minimum Gasteiger partial charge on any atom is -0.496 e. The summed E-state index contributed by atoms with van der Waals surface area (Å²) in [6.45, 7) is 1.05. The number of hydrogen-bond donors (Lipinski definition) is 1. The predicted molar refractivity (Wildman–Crippen MR) is 95.5 cm³/mol. The number of aromatic nitrogens is 2. The average molecular weight is 319 g/mol. The first-order valence-corrected chi connectivity index (χ1v) is 8.38. The second-order valence-corrected chi connectivity index (χ2v) is 6.04. The summed E-state index contributed by atoms with van der Waals surface area (Å²) in [7, 11) is 1.72. The lowest BCUT2D eigenvalue weighted by atomic mass is 10.00. The van der Waals surface area contributed by atoms with Crippen LogP contribution in [-0.2, 0) is 0 Å². The molecule has 4 rings (SSSR count). The van der Waals surface area contributed by atoms with Gasteiger partial charge >= 0.3 is 0 Å². The van der Waals surface area contributed by atoms with Crippen molar-refractivity contribution in [3.8, 4) is 22.6 Å². The molecule has 3 aromatic rings. The van der Waals surface area contributed by atoms with E-state index in [-0.39, 0.29) is 0 Å². The summed E-state index contributed by atoms with van der Waals surface area (Å²) in [6.07, 6.45) is 4.27. The lowest BCUT2D eigenvalue weighted by molar-refractivity contribution is 0.416. The number of nitrogens with one attached hydrogen (secondary N) is 1. The van der Waals surface area contributed by atoms with E-state index in [1.54, 1.807) is 7.11 Å². The molecular weight excluding hydrogens is 298 g/mol. The van der Waals surface area contributed by atoms with Crippen molar-refractivity contribution in [2.24, 2.45) is 0 Å². The Labute approximate surface area is 142 Å². The zero-order chi connectivity index (χ0) is 16.4. The van der Waals surface area contributed by atoms with E-state index in [1.807, 2.05) is 42.6 Å². The highest BCUT2D eigenvalue weighted by Gasteiger charge is 2.26. The maximum atomic E-state index is 5.57. The SMILES string of the molecule is COc1ccccc1-c1cnn(-c2ccccc2)c1C1CCCN1. The van der Waals surface area contributed by atoms with Crippen LogP contribution in [0.4, 0.5) is 0 Å². The van der Waals surface area contributed by atoms with Gasteiger partial charge in [-0.15, -0.1) is 0 Å². The predicted octanol–water partition coefficient (Wildman–Crippen LogP) is 3.97. The molecule has 1 N–H and O–H groups in total. The maximum absolute atomic E-state index is 5.57. The van der Waals surface area contributed by atoms with Crippen LogP contribution < -0.4 is 10.1 Å². The number of hydrogen-bond acceptors (Lipinski definition) is 3. The van der Waals surface area contributed by atoms with Gasteiger partial charge in [-0.2, -0.15) is 5.10 Å². The van der Waals surface area contributed by atoms with Gasteiger partial charge in [0.1, 0.15) is 5.75 Å². The fourth-order valence-electron chi connectivity index (χ4n) is 3.46. The van der Waals surface area contributed by atoms with E-state index in [0.717, 1.165) is 35.5 Å². The van der Waals surface area contributed by atoms with Crippen LogP contribution in [0.25, 0.3) is 16.8 Å². The Hall–Kier alpha value is -2.59. The third kappa shape index (κ3) is 2.59. The van der Waals surface area contributed by atoms with Crippen molar-refractivity contribution in [2.75, 3.05) is 13.7 Å². The van der Waals surface area contributed by atoms with Crippen LogP contribution in [0.15, 0.2) is 60.8 Å².